The van der Waals surface area contributed by atoms with E-state index < -0.39 is 0 Å². The van der Waals surface area contributed by atoms with Crippen molar-refractivity contribution in [2.75, 3.05) is 23.7 Å². The molecule has 8 heteroatoms. The van der Waals surface area contributed by atoms with Gasteiger partial charge in [0, 0.05) is 13.1 Å². The van der Waals surface area contributed by atoms with Crippen molar-refractivity contribution in [2.24, 2.45) is 0 Å². The number of hydrogen-bond acceptors (Lipinski definition) is 6. The van der Waals surface area contributed by atoms with Gasteiger partial charge < -0.3 is 15.4 Å². The molecule has 0 fully saturated rings. The molecule has 1 heterocycles. The van der Waals surface area contributed by atoms with Crippen LogP contribution in [0.2, 0.25) is 0 Å². The van der Waals surface area contributed by atoms with E-state index in [1.807, 2.05) is 18.7 Å². The van der Waals surface area contributed by atoms with E-state index in [0.29, 0.717) is 16.2 Å². The minimum Gasteiger partial charge on any atom is -0.423 e. The van der Waals surface area contributed by atoms with Crippen LogP contribution >= 0.6 is 15.9 Å². The molecule has 0 saturated heterocycles. The number of anilines is 2. The van der Waals surface area contributed by atoms with E-state index in [2.05, 4.69) is 30.9 Å². The van der Waals surface area contributed by atoms with Gasteiger partial charge in [-0.1, -0.05) is 0 Å². The molecular formula is C13H15BrFN5O. The van der Waals surface area contributed by atoms with Crippen molar-refractivity contribution in [3.8, 4) is 11.8 Å². The van der Waals surface area contributed by atoms with Gasteiger partial charge in [0.15, 0.2) is 0 Å². The summed E-state index contributed by atoms with van der Waals surface area (Å²) in [7, 11) is 0. The van der Waals surface area contributed by atoms with Gasteiger partial charge >= 0.3 is 6.01 Å². The van der Waals surface area contributed by atoms with Crippen molar-refractivity contribution >= 4 is 27.8 Å². The van der Waals surface area contributed by atoms with Gasteiger partial charge in [-0.2, -0.15) is 15.0 Å². The third-order valence-electron chi connectivity index (χ3n) is 2.76. The van der Waals surface area contributed by atoms with Gasteiger partial charge in [-0.25, -0.2) is 4.39 Å². The molecule has 0 unspecified atom stereocenters. The van der Waals surface area contributed by atoms with Gasteiger partial charge in [0.2, 0.25) is 11.9 Å². The summed E-state index contributed by atoms with van der Waals surface area (Å²) in [5.74, 6) is 0.543. The normalized spacial score (nSPS) is 10.5. The highest BCUT2D eigenvalue weighted by molar-refractivity contribution is 9.10. The third-order valence-corrected chi connectivity index (χ3v) is 3.38. The zero-order chi connectivity index (χ0) is 15.4. The summed E-state index contributed by atoms with van der Waals surface area (Å²) in [4.78, 5) is 14.2. The molecule has 0 saturated carbocycles. The lowest BCUT2D eigenvalue weighted by molar-refractivity contribution is 0.436. The second-order valence-corrected chi connectivity index (χ2v) is 4.98. The summed E-state index contributed by atoms with van der Waals surface area (Å²) in [6, 6.07) is 4.13. The number of aromatic nitrogens is 3. The number of benzene rings is 1. The molecule has 6 nitrogen and oxygen atoms in total. The molecule has 2 aromatic rings. The van der Waals surface area contributed by atoms with Crippen LogP contribution in [0.25, 0.3) is 0 Å². The number of ether oxygens (including phenoxy) is 1. The summed E-state index contributed by atoms with van der Waals surface area (Å²) in [5.41, 5.74) is 5.68. The van der Waals surface area contributed by atoms with Crippen LogP contribution in [0, 0.1) is 5.82 Å². The van der Waals surface area contributed by atoms with Gasteiger partial charge in [0.05, 0.1) is 4.47 Å². The predicted molar refractivity (Wildman–Crippen MR) is 82.0 cm³/mol. The van der Waals surface area contributed by atoms with Gasteiger partial charge in [0.25, 0.3) is 0 Å². The van der Waals surface area contributed by atoms with Crippen LogP contribution in [-0.4, -0.2) is 28.0 Å². The van der Waals surface area contributed by atoms with Crippen molar-refractivity contribution in [2.45, 2.75) is 13.8 Å². The molecule has 2 rings (SSSR count). The maximum absolute atomic E-state index is 13.1. The molecule has 112 valence electrons. The lowest BCUT2D eigenvalue weighted by Gasteiger charge is -2.18. The summed E-state index contributed by atoms with van der Waals surface area (Å²) >= 11 is 3.22. The van der Waals surface area contributed by atoms with Crippen molar-refractivity contribution in [3.05, 3.63) is 28.5 Å². The van der Waals surface area contributed by atoms with Crippen molar-refractivity contribution in [1.29, 1.82) is 0 Å². The highest BCUT2D eigenvalue weighted by Gasteiger charge is 2.12. The summed E-state index contributed by atoms with van der Waals surface area (Å²) < 4.78 is 19.1. The Balaban J connectivity index is 2.31. The fourth-order valence-electron chi connectivity index (χ4n) is 1.71. The van der Waals surface area contributed by atoms with E-state index in [1.54, 1.807) is 0 Å². The Kier molecular flexibility index (Phi) is 4.89. The maximum Gasteiger partial charge on any atom is 0.328 e. The Morgan fingerprint density at radius 3 is 2.57 bits per heavy atom. The molecule has 0 radical (unpaired) electrons. The number of halogens is 2. The lowest BCUT2D eigenvalue weighted by Crippen LogP contribution is -2.25. The first-order chi connectivity index (χ1) is 10.0. The first kappa shape index (κ1) is 15.4. The Morgan fingerprint density at radius 1 is 1.24 bits per heavy atom. The molecule has 0 spiro atoms. The van der Waals surface area contributed by atoms with Crippen LogP contribution in [0.5, 0.6) is 11.8 Å². The number of nitrogen functional groups attached to an aromatic ring is 1. The zero-order valence-electron chi connectivity index (χ0n) is 11.7. The Hall–Kier alpha value is -1.96. The zero-order valence-corrected chi connectivity index (χ0v) is 13.3. The maximum atomic E-state index is 13.1. The Labute approximate surface area is 130 Å². The first-order valence-corrected chi connectivity index (χ1v) is 7.22. The minimum absolute atomic E-state index is 0.0664. The molecule has 0 atom stereocenters. The van der Waals surface area contributed by atoms with E-state index in [1.165, 1.54) is 18.2 Å². The van der Waals surface area contributed by atoms with Crippen molar-refractivity contribution in [3.63, 3.8) is 0 Å². The van der Waals surface area contributed by atoms with Gasteiger partial charge in [-0.15, -0.1) is 0 Å². The van der Waals surface area contributed by atoms with Crippen LogP contribution in [-0.2, 0) is 0 Å². The van der Waals surface area contributed by atoms with Crippen LogP contribution in [0.3, 0.4) is 0 Å². The SMILES string of the molecule is CCN(CC)c1nc(N)nc(Oc2ccc(F)cc2Br)n1. The molecule has 0 aliphatic rings. The summed E-state index contributed by atoms with van der Waals surface area (Å²) in [6.07, 6.45) is 0. The lowest BCUT2D eigenvalue weighted by atomic mass is 10.3. The molecule has 0 aliphatic carbocycles. The second kappa shape index (κ2) is 6.66. The van der Waals surface area contributed by atoms with Crippen molar-refractivity contribution < 1.29 is 9.13 Å². The summed E-state index contributed by atoms with van der Waals surface area (Å²) in [6.45, 7) is 5.44. The minimum atomic E-state index is -0.367. The fraction of sp³-hybridized carbons (Fsp3) is 0.308. The molecular weight excluding hydrogens is 341 g/mol. The molecule has 0 aliphatic heterocycles. The van der Waals surface area contributed by atoms with E-state index in [-0.39, 0.29) is 17.8 Å². The smallest absolute Gasteiger partial charge is 0.328 e. The molecule has 2 N–H and O–H groups in total. The highest BCUT2D eigenvalue weighted by atomic mass is 79.9. The second-order valence-electron chi connectivity index (χ2n) is 4.13. The monoisotopic (exact) mass is 355 g/mol. The predicted octanol–water partition coefficient (Wildman–Crippen LogP) is 2.99. The largest absolute Gasteiger partial charge is 0.423 e. The third kappa shape index (κ3) is 3.78. The average molecular weight is 356 g/mol. The van der Waals surface area contributed by atoms with Crippen molar-refractivity contribution in [1.82, 2.24) is 15.0 Å². The fourth-order valence-corrected chi connectivity index (χ4v) is 2.14. The number of nitrogens with zero attached hydrogens (tertiary/aromatic N) is 4. The van der Waals surface area contributed by atoms with Gasteiger partial charge in [-0.3, -0.25) is 0 Å². The molecule has 1 aromatic heterocycles. The Bertz CT molecular complexity index is 636. The van der Waals surface area contributed by atoms with E-state index >= 15 is 0 Å². The average Bonchev–Trinajstić information content (AvgIpc) is 2.43. The highest BCUT2D eigenvalue weighted by Crippen LogP contribution is 2.29. The van der Waals surface area contributed by atoms with Crippen LogP contribution in [0.4, 0.5) is 16.3 Å². The van der Waals surface area contributed by atoms with Crippen LogP contribution < -0.4 is 15.4 Å². The van der Waals surface area contributed by atoms with E-state index in [0.717, 1.165) is 13.1 Å². The first-order valence-electron chi connectivity index (χ1n) is 6.42. The summed E-state index contributed by atoms with van der Waals surface area (Å²) in [5, 5.41) is 0. The van der Waals surface area contributed by atoms with Gasteiger partial charge in [-0.05, 0) is 48.0 Å². The standard InChI is InChI=1S/C13H15BrFN5O/c1-3-20(4-2)12-17-11(16)18-13(19-12)21-10-6-5-8(15)7-9(10)14/h5-7H,3-4H2,1-2H3,(H2,16,17,18,19). The quantitative estimate of drug-likeness (QED) is 0.888. The molecule has 0 bridgehead atoms. The van der Waals surface area contributed by atoms with E-state index in [4.69, 9.17) is 10.5 Å². The number of hydrogen-bond donors (Lipinski definition) is 1. The Morgan fingerprint density at radius 2 is 1.95 bits per heavy atom. The van der Waals surface area contributed by atoms with E-state index in [9.17, 15) is 4.39 Å². The van der Waals surface area contributed by atoms with Gasteiger partial charge in [0.1, 0.15) is 11.6 Å². The van der Waals surface area contributed by atoms with Crippen LogP contribution in [0.1, 0.15) is 13.8 Å². The topological polar surface area (TPSA) is 77.2 Å². The van der Waals surface area contributed by atoms with Crippen LogP contribution in [0.15, 0.2) is 22.7 Å². The number of rotatable bonds is 5. The molecule has 0 amide bonds. The molecule has 1 aromatic carbocycles. The molecule has 21 heavy (non-hydrogen) atoms. The number of nitrogens with two attached hydrogens (primary N) is 1.